The minimum absolute atomic E-state index is 0.421. The number of rotatable bonds is 3. The van der Waals surface area contributed by atoms with Crippen LogP contribution >= 0.6 is 15.9 Å². The Kier molecular flexibility index (Phi) is 4.68. The van der Waals surface area contributed by atoms with Gasteiger partial charge in [-0.2, -0.15) is 0 Å². The van der Waals surface area contributed by atoms with Crippen LogP contribution in [0.15, 0.2) is 12.1 Å². The van der Waals surface area contributed by atoms with Gasteiger partial charge in [0.05, 0.1) is 7.11 Å². The molecular weight excluding hydrogens is 292 g/mol. The summed E-state index contributed by atoms with van der Waals surface area (Å²) in [4.78, 5) is 0.421. The highest BCUT2D eigenvalue weighted by molar-refractivity contribution is 9.09. The summed E-state index contributed by atoms with van der Waals surface area (Å²) >= 11 is 3.87. The molecule has 0 N–H and O–H groups in total. The standard InChI is InChI=1S/C15H21BrO2/c1-10-8-13(9-11(2)15(10)17-3)14(16)12-4-6-18-7-5-12/h8-9,12,14H,4-7H2,1-3H3. The summed E-state index contributed by atoms with van der Waals surface area (Å²) in [7, 11) is 1.74. The maximum Gasteiger partial charge on any atom is 0.124 e. The first-order valence-corrected chi connectivity index (χ1v) is 7.42. The van der Waals surface area contributed by atoms with E-state index >= 15 is 0 Å². The zero-order valence-corrected chi connectivity index (χ0v) is 12.9. The van der Waals surface area contributed by atoms with Crippen LogP contribution in [0.4, 0.5) is 0 Å². The van der Waals surface area contributed by atoms with Gasteiger partial charge >= 0.3 is 0 Å². The molecule has 1 aliphatic rings. The van der Waals surface area contributed by atoms with Gasteiger partial charge in [-0.25, -0.2) is 0 Å². The molecule has 1 heterocycles. The van der Waals surface area contributed by atoms with Crippen molar-refractivity contribution >= 4 is 15.9 Å². The van der Waals surface area contributed by atoms with Gasteiger partial charge < -0.3 is 9.47 Å². The number of benzene rings is 1. The van der Waals surface area contributed by atoms with Crippen LogP contribution in [0.25, 0.3) is 0 Å². The molecule has 1 atom stereocenters. The van der Waals surface area contributed by atoms with Crippen molar-refractivity contribution in [3.8, 4) is 5.75 Å². The van der Waals surface area contributed by atoms with Crippen molar-refractivity contribution in [1.82, 2.24) is 0 Å². The summed E-state index contributed by atoms with van der Waals surface area (Å²) < 4.78 is 10.8. The highest BCUT2D eigenvalue weighted by atomic mass is 79.9. The number of hydrogen-bond acceptors (Lipinski definition) is 2. The van der Waals surface area contributed by atoms with Gasteiger partial charge in [0, 0.05) is 18.0 Å². The average molecular weight is 313 g/mol. The second-order valence-electron chi connectivity index (χ2n) is 5.04. The summed E-state index contributed by atoms with van der Waals surface area (Å²) in [5.74, 6) is 1.68. The second kappa shape index (κ2) is 6.07. The molecule has 1 aromatic rings. The lowest BCUT2D eigenvalue weighted by Gasteiger charge is -2.27. The Morgan fingerprint density at radius 1 is 1.22 bits per heavy atom. The van der Waals surface area contributed by atoms with Crippen molar-refractivity contribution in [2.45, 2.75) is 31.5 Å². The Morgan fingerprint density at radius 3 is 2.28 bits per heavy atom. The van der Waals surface area contributed by atoms with E-state index in [2.05, 4.69) is 41.9 Å². The quantitative estimate of drug-likeness (QED) is 0.780. The van der Waals surface area contributed by atoms with Gasteiger partial charge in [0.2, 0.25) is 0 Å². The van der Waals surface area contributed by atoms with E-state index in [1.165, 1.54) is 16.7 Å². The van der Waals surface area contributed by atoms with Gasteiger partial charge in [-0.1, -0.05) is 28.1 Å². The first-order chi connectivity index (χ1) is 8.63. The lowest BCUT2D eigenvalue weighted by molar-refractivity contribution is 0.0662. The van der Waals surface area contributed by atoms with Crippen LogP contribution in [0.3, 0.4) is 0 Å². The van der Waals surface area contributed by atoms with Crippen LogP contribution in [0, 0.1) is 19.8 Å². The third-order valence-electron chi connectivity index (χ3n) is 3.69. The molecule has 18 heavy (non-hydrogen) atoms. The fourth-order valence-corrected chi connectivity index (χ4v) is 3.54. The van der Waals surface area contributed by atoms with Crippen molar-refractivity contribution in [3.63, 3.8) is 0 Å². The summed E-state index contributed by atoms with van der Waals surface area (Å²) in [6.45, 7) is 6.00. The zero-order valence-electron chi connectivity index (χ0n) is 11.3. The molecule has 1 unspecified atom stereocenters. The Balaban J connectivity index is 2.22. The molecule has 2 nitrogen and oxygen atoms in total. The molecule has 0 radical (unpaired) electrons. The monoisotopic (exact) mass is 312 g/mol. The summed E-state index contributed by atoms with van der Waals surface area (Å²) in [5.41, 5.74) is 3.78. The molecule has 2 rings (SSSR count). The van der Waals surface area contributed by atoms with Crippen molar-refractivity contribution in [2.24, 2.45) is 5.92 Å². The first kappa shape index (κ1) is 13.9. The number of hydrogen-bond donors (Lipinski definition) is 0. The molecule has 0 amide bonds. The maximum atomic E-state index is 5.43. The molecular formula is C15H21BrO2. The third-order valence-corrected chi connectivity index (χ3v) is 4.96. The van der Waals surface area contributed by atoms with Crippen molar-refractivity contribution in [2.75, 3.05) is 20.3 Å². The molecule has 1 aliphatic heterocycles. The van der Waals surface area contributed by atoms with Crippen LogP contribution in [0.2, 0.25) is 0 Å². The van der Waals surface area contributed by atoms with Gasteiger partial charge in [-0.05, 0) is 49.3 Å². The molecule has 0 spiro atoms. The summed E-state index contributed by atoms with van der Waals surface area (Å²) in [6, 6.07) is 4.47. The van der Waals surface area contributed by atoms with E-state index in [-0.39, 0.29) is 0 Å². The highest BCUT2D eigenvalue weighted by Crippen LogP contribution is 2.39. The normalized spacial score (nSPS) is 18.7. The van der Waals surface area contributed by atoms with Crippen LogP contribution < -0.4 is 4.74 Å². The molecule has 1 saturated heterocycles. The van der Waals surface area contributed by atoms with Gasteiger partial charge in [0.15, 0.2) is 0 Å². The topological polar surface area (TPSA) is 18.5 Å². The third kappa shape index (κ3) is 2.89. The van der Waals surface area contributed by atoms with Gasteiger partial charge in [0.1, 0.15) is 5.75 Å². The van der Waals surface area contributed by atoms with Gasteiger partial charge in [-0.3, -0.25) is 0 Å². The van der Waals surface area contributed by atoms with Gasteiger partial charge in [-0.15, -0.1) is 0 Å². The zero-order chi connectivity index (χ0) is 13.1. The Bertz CT molecular complexity index is 388. The smallest absolute Gasteiger partial charge is 0.124 e. The van der Waals surface area contributed by atoms with E-state index in [0.29, 0.717) is 10.7 Å². The first-order valence-electron chi connectivity index (χ1n) is 6.50. The molecule has 3 heteroatoms. The second-order valence-corrected chi connectivity index (χ2v) is 6.03. The highest BCUT2D eigenvalue weighted by Gasteiger charge is 2.24. The molecule has 100 valence electrons. The number of ether oxygens (including phenoxy) is 2. The summed E-state index contributed by atoms with van der Waals surface area (Å²) in [6.07, 6.45) is 2.28. The summed E-state index contributed by atoms with van der Waals surface area (Å²) in [5, 5.41) is 0. The van der Waals surface area contributed by atoms with E-state index in [1.54, 1.807) is 7.11 Å². The molecule has 0 bridgehead atoms. The lowest BCUT2D eigenvalue weighted by Crippen LogP contribution is -2.19. The van der Waals surface area contributed by atoms with Crippen LogP contribution in [-0.2, 0) is 4.74 Å². The van der Waals surface area contributed by atoms with Crippen molar-refractivity contribution < 1.29 is 9.47 Å². The fraction of sp³-hybridized carbons (Fsp3) is 0.600. The fourth-order valence-electron chi connectivity index (χ4n) is 2.75. The van der Waals surface area contributed by atoms with E-state index in [0.717, 1.165) is 31.8 Å². The molecule has 1 aromatic carbocycles. The predicted octanol–water partition coefficient (Wildman–Crippen LogP) is 4.17. The van der Waals surface area contributed by atoms with Crippen LogP contribution in [0.5, 0.6) is 5.75 Å². The number of methoxy groups -OCH3 is 1. The van der Waals surface area contributed by atoms with Crippen LogP contribution in [-0.4, -0.2) is 20.3 Å². The largest absolute Gasteiger partial charge is 0.496 e. The minimum Gasteiger partial charge on any atom is -0.496 e. The van der Waals surface area contributed by atoms with E-state index in [9.17, 15) is 0 Å². The maximum absolute atomic E-state index is 5.43. The molecule has 0 aromatic heterocycles. The Labute approximate surface area is 118 Å². The average Bonchev–Trinajstić information content (AvgIpc) is 2.38. The van der Waals surface area contributed by atoms with E-state index in [1.807, 2.05) is 0 Å². The predicted molar refractivity (Wildman–Crippen MR) is 77.7 cm³/mol. The molecule has 0 saturated carbocycles. The van der Waals surface area contributed by atoms with Crippen LogP contribution in [0.1, 0.15) is 34.4 Å². The SMILES string of the molecule is COc1c(C)cc(C(Br)C2CCOCC2)cc1C. The number of alkyl halides is 1. The Hall–Kier alpha value is -0.540. The Morgan fingerprint density at radius 2 is 1.78 bits per heavy atom. The molecule has 1 fully saturated rings. The van der Waals surface area contributed by atoms with Crippen molar-refractivity contribution in [3.05, 3.63) is 28.8 Å². The van der Waals surface area contributed by atoms with Crippen molar-refractivity contribution in [1.29, 1.82) is 0 Å². The minimum atomic E-state index is 0.421. The van der Waals surface area contributed by atoms with Gasteiger partial charge in [0.25, 0.3) is 0 Å². The number of aryl methyl sites for hydroxylation is 2. The lowest BCUT2D eigenvalue weighted by atomic mass is 9.90. The molecule has 0 aliphatic carbocycles. The van der Waals surface area contributed by atoms with E-state index < -0.39 is 0 Å². The number of halogens is 1. The van der Waals surface area contributed by atoms with E-state index in [4.69, 9.17) is 9.47 Å².